The van der Waals surface area contributed by atoms with E-state index in [2.05, 4.69) is 51.1 Å². The van der Waals surface area contributed by atoms with Crippen molar-refractivity contribution in [2.24, 2.45) is 0 Å². The quantitative estimate of drug-likeness (QED) is 0.764. The summed E-state index contributed by atoms with van der Waals surface area (Å²) in [6.45, 7) is 6.65. The first kappa shape index (κ1) is 13.7. The van der Waals surface area contributed by atoms with Gasteiger partial charge in [0.05, 0.1) is 11.6 Å². The van der Waals surface area contributed by atoms with Crippen LogP contribution in [0.5, 0.6) is 0 Å². The van der Waals surface area contributed by atoms with E-state index in [1.165, 1.54) is 10.5 Å². The normalized spacial score (nSPS) is 11.1. The molecule has 2 rings (SSSR count). The van der Waals surface area contributed by atoms with Gasteiger partial charge in [-0.2, -0.15) is 5.26 Å². The van der Waals surface area contributed by atoms with E-state index in [1.54, 1.807) is 11.8 Å². The smallest absolute Gasteiger partial charge is 0.0991 e. The van der Waals surface area contributed by atoms with E-state index in [-0.39, 0.29) is 5.41 Å². The highest BCUT2D eigenvalue weighted by Gasteiger charge is 2.12. The van der Waals surface area contributed by atoms with Gasteiger partial charge in [-0.25, -0.2) is 0 Å². The summed E-state index contributed by atoms with van der Waals surface area (Å²) in [7, 11) is 0. The van der Waals surface area contributed by atoms with Crippen LogP contribution >= 0.6 is 11.8 Å². The van der Waals surface area contributed by atoms with E-state index in [9.17, 15) is 0 Å². The van der Waals surface area contributed by atoms with Gasteiger partial charge in [0.15, 0.2) is 0 Å². The molecule has 0 saturated heterocycles. The molecule has 0 heterocycles. The Morgan fingerprint density at radius 2 is 1.32 bits per heavy atom. The second-order valence-corrected chi connectivity index (χ2v) is 6.66. The Balaban J connectivity index is 2.13. The van der Waals surface area contributed by atoms with Crippen LogP contribution in [0.1, 0.15) is 31.9 Å². The molecule has 0 aliphatic rings. The maximum Gasteiger partial charge on any atom is 0.0991 e. The van der Waals surface area contributed by atoms with Gasteiger partial charge in [0, 0.05) is 9.79 Å². The Kier molecular flexibility index (Phi) is 3.97. The van der Waals surface area contributed by atoms with Crippen molar-refractivity contribution in [1.29, 1.82) is 5.26 Å². The first-order valence-corrected chi connectivity index (χ1v) is 7.09. The van der Waals surface area contributed by atoms with Crippen molar-refractivity contribution in [2.75, 3.05) is 0 Å². The third kappa shape index (κ3) is 3.62. The molecule has 0 amide bonds. The molecule has 0 saturated carbocycles. The average Bonchev–Trinajstić information content (AvgIpc) is 2.39. The number of nitriles is 1. The molecule has 0 spiro atoms. The van der Waals surface area contributed by atoms with Gasteiger partial charge >= 0.3 is 0 Å². The van der Waals surface area contributed by atoms with Crippen molar-refractivity contribution in [2.45, 2.75) is 36.0 Å². The van der Waals surface area contributed by atoms with Crippen LogP contribution in [0, 0.1) is 11.3 Å². The first-order chi connectivity index (χ1) is 8.99. The number of hydrogen-bond acceptors (Lipinski definition) is 2. The SMILES string of the molecule is CC(C)(C)c1ccc(Sc2ccc(C#N)cc2)cc1. The van der Waals surface area contributed by atoms with E-state index in [1.807, 2.05) is 24.3 Å². The molecule has 0 atom stereocenters. The van der Waals surface area contributed by atoms with Crippen LogP contribution in [-0.2, 0) is 5.41 Å². The predicted molar refractivity (Wildman–Crippen MR) is 80.4 cm³/mol. The fraction of sp³-hybridized carbons (Fsp3) is 0.235. The van der Waals surface area contributed by atoms with Crippen molar-refractivity contribution in [3.63, 3.8) is 0 Å². The molecule has 2 aromatic rings. The van der Waals surface area contributed by atoms with Crippen molar-refractivity contribution < 1.29 is 0 Å². The van der Waals surface area contributed by atoms with E-state index in [4.69, 9.17) is 5.26 Å². The lowest BCUT2D eigenvalue weighted by molar-refractivity contribution is 0.590. The fourth-order valence-electron chi connectivity index (χ4n) is 1.76. The lowest BCUT2D eigenvalue weighted by atomic mass is 9.87. The highest BCUT2D eigenvalue weighted by molar-refractivity contribution is 7.99. The molecule has 1 nitrogen and oxygen atoms in total. The molecule has 0 radical (unpaired) electrons. The van der Waals surface area contributed by atoms with Gasteiger partial charge in [-0.3, -0.25) is 0 Å². The summed E-state index contributed by atoms with van der Waals surface area (Å²) in [5.74, 6) is 0. The Bertz CT molecular complexity index is 583. The Morgan fingerprint density at radius 1 is 0.842 bits per heavy atom. The van der Waals surface area contributed by atoms with Gasteiger partial charge in [-0.1, -0.05) is 44.7 Å². The molecule has 0 aromatic heterocycles. The van der Waals surface area contributed by atoms with Crippen LogP contribution in [0.15, 0.2) is 58.3 Å². The summed E-state index contributed by atoms with van der Waals surface area (Å²) in [5, 5.41) is 8.77. The molecular weight excluding hydrogens is 250 g/mol. The van der Waals surface area contributed by atoms with Gasteiger partial charge in [0.2, 0.25) is 0 Å². The highest BCUT2D eigenvalue weighted by atomic mass is 32.2. The molecule has 2 aromatic carbocycles. The molecule has 0 fully saturated rings. The predicted octanol–water partition coefficient (Wildman–Crippen LogP) is 5.01. The van der Waals surface area contributed by atoms with Gasteiger partial charge < -0.3 is 0 Å². The standard InChI is InChI=1S/C17H17NS/c1-17(2,3)14-6-10-16(11-7-14)19-15-8-4-13(12-18)5-9-15/h4-11H,1-3H3. The van der Waals surface area contributed by atoms with Gasteiger partial charge in [0.1, 0.15) is 0 Å². The maximum absolute atomic E-state index is 8.77. The van der Waals surface area contributed by atoms with Gasteiger partial charge in [-0.05, 0) is 47.4 Å². The molecular formula is C17H17NS. The molecule has 19 heavy (non-hydrogen) atoms. The summed E-state index contributed by atoms with van der Waals surface area (Å²) in [5.41, 5.74) is 2.24. The summed E-state index contributed by atoms with van der Waals surface area (Å²) >= 11 is 1.72. The molecule has 0 aliphatic carbocycles. The van der Waals surface area contributed by atoms with Crippen LogP contribution in [0.4, 0.5) is 0 Å². The molecule has 0 unspecified atom stereocenters. The number of nitrogens with zero attached hydrogens (tertiary/aromatic N) is 1. The van der Waals surface area contributed by atoms with E-state index in [0.29, 0.717) is 5.56 Å². The topological polar surface area (TPSA) is 23.8 Å². The van der Waals surface area contributed by atoms with E-state index >= 15 is 0 Å². The lowest BCUT2D eigenvalue weighted by Crippen LogP contribution is -2.10. The number of benzene rings is 2. The number of rotatable bonds is 2. The maximum atomic E-state index is 8.77. The third-order valence-electron chi connectivity index (χ3n) is 2.94. The van der Waals surface area contributed by atoms with Crippen LogP contribution in [0.25, 0.3) is 0 Å². The van der Waals surface area contributed by atoms with E-state index in [0.717, 1.165) is 4.90 Å². The third-order valence-corrected chi connectivity index (χ3v) is 3.96. The second-order valence-electron chi connectivity index (χ2n) is 5.51. The lowest BCUT2D eigenvalue weighted by Gasteiger charge is -2.19. The minimum Gasteiger partial charge on any atom is -0.192 e. The summed E-state index contributed by atoms with van der Waals surface area (Å²) < 4.78 is 0. The molecule has 96 valence electrons. The molecule has 2 heteroatoms. The van der Waals surface area contributed by atoms with Crippen LogP contribution in [0.3, 0.4) is 0 Å². The summed E-state index contributed by atoms with van der Waals surface area (Å²) in [6.07, 6.45) is 0. The van der Waals surface area contributed by atoms with Crippen molar-refractivity contribution in [3.05, 3.63) is 59.7 Å². The molecule has 0 aliphatic heterocycles. The summed E-state index contributed by atoms with van der Waals surface area (Å²) in [6, 6.07) is 18.5. The van der Waals surface area contributed by atoms with Crippen LogP contribution < -0.4 is 0 Å². The second kappa shape index (κ2) is 5.50. The van der Waals surface area contributed by atoms with Crippen LogP contribution in [-0.4, -0.2) is 0 Å². The zero-order valence-corrected chi connectivity index (χ0v) is 12.3. The molecule has 0 N–H and O–H groups in total. The largest absolute Gasteiger partial charge is 0.192 e. The van der Waals surface area contributed by atoms with Gasteiger partial charge in [0.25, 0.3) is 0 Å². The zero-order valence-electron chi connectivity index (χ0n) is 11.5. The Labute approximate surface area is 119 Å². The monoisotopic (exact) mass is 267 g/mol. The Morgan fingerprint density at radius 3 is 1.74 bits per heavy atom. The van der Waals surface area contributed by atoms with E-state index < -0.39 is 0 Å². The van der Waals surface area contributed by atoms with Crippen molar-refractivity contribution in [1.82, 2.24) is 0 Å². The van der Waals surface area contributed by atoms with Crippen molar-refractivity contribution in [3.8, 4) is 6.07 Å². The first-order valence-electron chi connectivity index (χ1n) is 6.27. The summed E-state index contributed by atoms with van der Waals surface area (Å²) in [4.78, 5) is 2.38. The molecule has 0 bridgehead atoms. The van der Waals surface area contributed by atoms with Crippen molar-refractivity contribution >= 4 is 11.8 Å². The minimum absolute atomic E-state index is 0.192. The van der Waals surface area contributed by atoms with Crippen LogP contribution in [0.2, 0.25) is 0 Å². The average molecular weight is 267 g/mol. The fourth-order valence-corrected chi connectivity index (χ4v) is 2.57. The van der Waals surface area contributed by atoms with Gasteiger partial charge in [-0.15, -0.1) is 0 Å². The highest BCUT2D eigenvalue weighted by Crippen LogP contribution is 2.30. The zero-order chi connectivity index (χ0) is 13.9. The Hall–Kier alpha value is -1.72. The minimum atomic E-state index is 0.192. The number of hydrogen-bond donors (Lipinski definition) is 0.